The second-order valence-corrected chi connectivity index (χ2v) is 4.09. The lowest BCUT2D eigenvalue weighted by atomic mass is 10.2. The van der Waals surface area contributed by atoms with E-state index in [0.29, 0.717) is 0 Å². The number of fused-ring (bicyclic) bond motifs is 2. The molecule has 5 heteroatoms. The summed E-state index contributed by atoms with van der Waals surface area (Å²) in [6, 6.07) is 7.98. The number of aromatic amines is 2. The van der Waals surface area contributed by atoms with Crippen molar-refractivity contribution in [3.63, 3.8) is 0 Å². The fourth-order valence-electron chi connectivity index (χ4n) is 2.17. The highest BCUT2D eigenvalue weighted by atomic mass is 14.9. The van der Waals surface area contributed by atoms with E-state index in [9.17, 15) is 0 Å². The summed E-state index contributed by atoms with van der Waals surface area (Å²) >= 11 is 0. The van der Waals surface area contributed by atoms with Crippen molar-refractivity contribution < 1.29 is 0 Å². The molecule has 0 bridgehead atoms. The van der Waals surface area contributed by atoms with Crippen LogP contribution < -0.4 is 0 Å². The molecule has 4 heterocycles. The number of rotatable bonds is 1. The van der Waals surface area contributed by atoms with Crippen LogP contribution in [0.25, 0.3) is 33.5 Å². The Morgan fingerprint density at radius 1 is 1.00 bits per heavy atom. The van der Waals surface area contributed by atoms with Crippen LogP contribution in [0.4, 0.5) is 0 Å². The zero-order valence-electron chi connectivity index (χ0n) is 9.38. The van der Waals surface area contributed by atoms with Crippen molar-refractivity contribution in [2.24, 2.45) is 0 Å². The Labute approximate surface area is 102 Å². The summed E-state index contributed by atoms with van der Waals surface area (Å²) in [5, 5.41) is 2.08. The zero-order valence-corrected chi connectivity index (χ0v) is 9.38. The van der Waals surface area contributed by atoms with Crippen LogP contribution >= 0.6 is 0 Å². The number of aromatic nitrogens is 5. The van der Waals surface area contributed by atoms with Crippen LogP contribution in [0.1, 0.15) is 0 Å². The van der Waals surface area contributed by atoms with E-state index in [1.54, 1.807) is 12.5 Å². The molecule has 0 saturated heterocycles. The molecule has 0 spiro atoms. The molecule has 4 aromatic heterocycles. The first-order valence-corrected chi connectivity index (χ1v) is 5.64. The Morgan fingerprint density at radius 2 is 2.00 bits per heavy atom. The first kappa shape index (κ1) is 9.35. The minimum absolute atomic E-state index is 0.839. The highest BCUT2D eigenvalue weighted by molar-refractivity contribution is 5.93. The molecule has 2 N–H and O–H groups in total. The average molecular weight is 235 g/mol. The second-order valence-electron chi connectivity index (χ2n) is 4.09. The van der Waals surface area contributed by atoms with E-state index < -0.39 is 0 Å². The molecule has 0 aliphatic rings. The van der Waals surface area contributed by atoms with Crippen molar-refractivity contribution in [3.8, 4) is 11.4 Å². The second kappa shape index (κ2) is 3.40. The van der Waals surface area contributed by atoms with Crippen LogP contribution in [-0.2, 0) is 0 Å². The standard InChI is InChI=1S/C13H9N5/c1-2-8-6-10(18-12(8)14-4-1)11-9-3-5-15-13(9)17-7-16-11/h1-7H,(H,14,18)(H,15,16,17). The van der Waals surface area contributed by atoms with Gasteiger partial charge in [0.2, 0.25) is 0 Å². The van der Waals surface area contributed by atoms with Crippen molar-refractivity contribution >= 4 is 22.1 Å². The van der Waals surface area contributed by atoms with Gasteiger partial charge in [0.1, 0.15) is 17.6 Å². The fraction of sp³-hybridized carbons (Fsp3) is 0. The van der Waals surface area contributed by atoms with Gasteiger partial charge in [-0.15, -0.1) is 0 Å². The largest absolute Gasteiger partial charge is 0.346 e. The predicted octanol–water partition coefficient (Wildman–Crippen LogP) is 2.50. The van der Waals surface area contributed by atoms with Crippen LogP contribution in [0.5, 0.6) is 0 Å². The van der Waals surface area contributed by atoms with Gasteiger partial charge in [-0.1, -0.05) is 0 Å². The molecule has 18 heavy (non-hydrogen) atoms. The molecule has 4 rings (SSSR count). The maximum atomic E-state index is 4.35. The van der Waals surface area contributed by atoms with E-state index in [1.807, 2.05) is 24.4 Å². The molecule has 0 radical (unpaired) electrons. The van der Waals surface area contributed by atoms with E-state index in [4.69, 9.17) is 0 Å². The van der Waals surface area contributed by atoms with Crippen molar-refractivity contribution in [2.75, 3.05) is 0 Å². The minimum Gasteiger partial charge on any atom is -0.346 e. The lowest BCUT2D eigenvalue weighted by Gasteiger charge is -1.97. The topological polar surface area (TPSA) is 70.2 Å². The summed E-state index contributed by atoms with van der Waals surface area (Å²) in [5.74, 6) is 0. The van der Waals surface area contributed by atoms with Crippen molar-refractivity contribution in [1.82, 2.24) is 24.9 Å². The zero-order chi connectivity index (χ0) is 11.9. The van der Waals surface area contributed by atoms with Crippen LogP contribution in [0.15, 0.2) is 43.0 Å². The fourth-order valence-corrected chi connectivity index (χ4v) is 2.17. The molecule has 86 valence electrons. The van der Waals surface area contributed by atoms with E-state index in [1.165, 1.54) is 0 Å². The number of pyridine rings is 1. The molecular formula is C13H9N5. The van der Waals surface area contributed by atoms with Gasteiger partial charge in [0.05, 0.1) is 11.4 Å². The van der Waals surface area contributed by atoms with Crippen molar-refractivity contribution in [2.45, 2.75) is 0 Å². The number of hydrogen-bond donors (Lipinski definition) is 2. The Hall–Kier alpha value is -2.69. The van der Waals surface area contributed by atoms with Gasteiger partial charge in [0.15, 0.2) is 0 Å². The normalized spacial score (nSPS) is 11.3. The SMILES string of the molecule is c1cnc2[nH]c(-c3ncnc4[nH]ccc34)cc2c1. The van der Waals surface area contributed by atoms with E-state index in [0.717, 1.165) is 33.5 Å². The summed E-state index contributed by atoms with van der Waals surface area (Å²) in [7, 11) is 0. The monoisotopic (exact) mass is 235 g/mol. The molecule has 0 fully saturated rings. The van der Waals surface area contributed by atoms with Gasteiger partial charge in [-0.3, -0.25) is 0 Å². The number of nitrogens with one attached hydrogen (secondary N) is 2. The Balaban J connectivity index is 2.04. The van der Waals surface area contributed by atoms with Crippen LogP contribution in [-0.4, -0.2) is 24.9 Å². The predicted molar refractivity (Wildman–Crippen MR) is 69.0 cm³/mol. The van der Waals surface area contributed by atoms with Gasteiger partial charge in [-0.2, -0.15) is 0 Å². The Kier molecular flexibility index (Phi) is 1.77. The lowest BCUT2D eigenvalue weighted by Crippen LogP contribution is -1.87. The van der Waals surface area contributed by atoms with Gasteiger partial charge in [0.25, 0.3) is 0 Å². The Morgan fingerprint density at radius 3 is 2.94 bits per heavy atom. The highest BCUT2D eigenvalue weighted by Gasteiger charge is 2.09. The highest BCUT2D eigenvalue weighted by Crippen LogP contribution is 2.26. The summed E-state index contributed by atoms with van der Waals surface area (Å²) in [6.45, 7) is 0. The minimum atomic E-state index is 0.839. The van der Waals surface area contributed by atoms with Crippen LogP contribution in [0.2, 0.25) is 0 Å². The molecule has 0 unspecified atom stereocenters. The van der Waals surface area contributed by atoms with Gasteiger partial charge >= 0.3 is 0 Å². The van der Waals surface area contributed by atoms with Gasteiger partial charge in [0, 0.05) is 23.2 Å². The number of H-pyrrole nitrogens is 2. The third-order valence-electron chi connectivity index (χ3n) is 3.00. The molecule has 0 amide bonds. The summed E-state index contributed by atoms with van der Waals surface area (Å²) in [5.41, 5.74) is 3.55. The maximum Gasteiger partial charge on any atom is 0.141 e. The molecule has 0 aromatic carbocycles. The van der Waals surface area contributed by atoms with Gasteiger partial charge in [-0.25, -0.2) is 15.0 Å². The molecule has 4 aromatic rings. The Bertz CT molecular complexity index is 809. The van der Waals surface area contributed by atoms with E-state index in [2.05, 4.69) is 31.0 Å². The van der Waals surface area contributed by atoms with Crippen molar-refractivity contribution in [1.29, 1.82) is 0 Å². The van der Waals surface area contributed by atoms with Crippen molar-refractivity contribution in [3.05, 3.63) is 43.0 Å². The summed E-state index contributed by atoms with van der Waals surface area (Å²) < 4.78 is 0. The molecule has 0 aliphatic carbocycles. The first-order chi connectivity index (χ1) is 8.92. The average Bonchev–Trinajstić information content (AvgIpc) is 3.04. The van der Waals surface area contributed by atoms with Gasteiger partial charge in [-0.05, 0) is 24.3 Å². The summed E-state index contributed by atoms with van der Waals surface area (Å²) in [4.78, 5) is 19.2. The van der Waals surface area contributed by atoms with Crippen LogP contribution in [0, 0.1) is 0 Å². The third kappa shape index (κ3) is 1.24. The van der Waals surface area contributed by atoms with Gasteiger partial charge < -0.3 is 9.97 Å². The first-order valence-electron chi connectivity index (χ1n) is 5.64. The molecule has 0 atom stereocenters. The van der Waals surface area contributed by atoms with E-state index in [-0.39, 0.29) is 0 Å². The molecule has 0 aliphatic heterocycles. The molecular weight excluding hydrogens is 226 g/mol. The smallest absolute Gasteiger partial charge is 0.141 e. The van der Waals surface area contributed by atoms with Crippen LogP contribution in [0.3, 0.4) is 0 Å². The molecule has 5 nitrogen and oxygen atoms in total. The third-order valence-corrected chi connectivity index (χ3v) is 3.00. The number of hydrogen-bond acceptors (Lipinski definition) is 3. The summed E-state index contributed by atoms with van der Waals surface area (Å²) in [6.07, 6.45) is 5.20. The quantitative estimate of drug-likeness (QED) is 0.532. The maximum absolute atomic E-state index is 4.35. The number of nitrogens with zero attached hydrogens (tertiary/aromatic N) is 3. The van der Waals surface area contributed by atoms with E-state index >= 15 is 0 Å². The lowest BCUT2D eigenvalue weighted by molar-refractivity contribution is 1.19. The molecule has 0 saturated carbocycles.